The van der Waals surface area contributed by atoms with Gasteiger partial charge in [-0.1, -0.05) is 60.7 Å². The highest BCUT2D eigenvalue weighted by molar-refractivity contribution is 5.95. The van der Waals surface area contributed by atoms with E-state index < -0.39 is 0 Å². The molecule has 0 aliphatic carbocycles. The Bertz CT molecular complexity index is 1000. The van der Waals surface area contributed by atoms with Gasteiger partial charge in [-0.2, -0.15) is 0 Å². The molecule has 0 N–H and O–H groups in total. The minimum Gasteiger partial charge on any atom is -0.493 e. The van der Waals surface area contributed by atoms with E-state index in [1.165, 1.54) is 5.56 Å². The van der Waals surface area contributed by atoms with Crippen molar-refractivity contribution in [3.05, 3.63) is 89.5 Å². The number of rotatable bonds is 7. The number of amides is 1. The van der Waals surface area contributed by atoms with Crippen LogP contribution < -0.4 is 14.2 Å². The topological polar surface area (TPSA) is 48.0 Å². The van der Waals surface area contributed by atoms with Crippen molar-refractivity contribution in [2.24, 2.45) is 0 Å². The summed E-state index contributed by atoms with van der Waals surface area (Å²) in [5.41, 5.74) is 2.94. The number of piperidine rings is 1. The highest BCUT2D eigenvalue weighted by Crippen LogP contribution is 2.40. The van der Waals surface area contributed by atoms with Crippen LogP contribution in [0, 0.1) is 0 Å². The zero-order valence-corrected chi connectivity index (χ0v) is 18.6. The highest BCUT2D eigenvalue weighted by Gasteiger charge is 2.26. The molecule has 32 heavy (non-hydrogen) atoms. The molecule has 0 spiro atoms. The maximum atomic E-state index is 13.2. The van der Waals surface area contributed by atoms with Gasteiger partial charge in [0.1, 0.15) is 6.61 Å². The Hall–Kier alpha value is -3.47. The fourth-order valence-corrected chi connectivity index (χ4v) is 4.20. The van der Waals surface area contributed by atoms with Crippen LogP contribution in [-0.2, 0) is 6.61 Å². The van der Waals surface area contributed by atoms with E-state index in [-0.39, 0.29) is 5.91 Å². The molecule has 5 heteroatoms. The zero-order valence-electron chi connectivity index (χ0n) is 18.6. The number of ether oxygens (including phenoxy) is 3. The van der Waals surface area contributed by atoms with E-state index in [0.717, 1.165) is 31.5 Å². The molecule has 1 amide bonds. The predicted molar refractivity (Wildman–Crippen MR) is 125 cm³/mol. The first-order chi connectivity index (χ1) is 15.7. The number of hydrogen-bond acceptors (Lipinski definition) is 4. The summed E-state index contributed by atoms with van der Waals surface area (Å²) in [6.45, 7) is 1.85. The molecule has 0 aromatic heterocycles. The monoisotopic (exact) mass is 431 g/mol. The highest BCUT2D eigenvalue weighted by atomic mass is 16.5. The third-order valence-electron chi connectivity index (χ3n) is 5.99. The molecule has 0 bridgehead atoms. The average Bonchev–Trinajstić information content (AvgIpc) is 2.87. The van der Waals surface area contributed by atoms with E-state index in [1.54, 1.807) is 26.4 Å². The van der Waals surface area contributed by atoms with Crippen molar-refractivity contribution in [2.45, 2.75) is 25.4 Å². The molecule has 0 radical (unpaired) electrons. The summed E-state index contributed by atoms with van der Waals surface area (Å²) in [6.07, 6.45) is 1.92. The van der Waals surface area contributed by atoms with E-state index in [4.69, 9.17) is 14.2 Å². The zero-order chi connectivity index (χ0) is 22.3. The lowest BCUT2D eigenvalue weighted by atomic mass is 9.89. The number of carbonyl (C=O) groups excluding carboxylic acids is 1. The molecule has 1 fully saturated rings. The smallest absolute Gasteiger partial charge is 0.254 e. The first kappa shape index (κ1) is 21.8. The lowest BCUT2D eigenvalue weighted by Crippen LogP contribution is -2.37. The Morgan fingerprint density at radius 2 is 1.44 bits per heavy atom. The predicted octanol–water partition coefficient (Wildman–Crippen LogP) is 5.30. The Labute approximate surface area is 189 Å². The molecule has 4 rings (SSSR count). The van der Waals surface area contributed by atoms with Crippen molar-refractivity contribution >= 4 is 5.91 Å². The van der Waals surface area contributed by atoms with E-state index in [2.05, 4.69) is 24.3 Å². The number of likely N-dealkylation sites (tertiary alicyclic amines) is 1. The fourth-order valence-electron chi connectivity index (χ4n) is 4.20. The minimum atomic E-state index is -0.0114. The largest absolute Gasteiger partial charge is 0.493 e. The van der Waals surface area contributed by atoms with Crippen molar-refractivity contribution in [1.29, 1.82) is 0 Å². The van der Waals surface area contributed by atoms with Crippen LogP contribution in [0.15, 0.2) is 72.8 Å². The first-order valence-corrected chi connectivity index (χ1v) is 11.0. The molecule has 5 nitrogen and oxygen atoms in total. The maximum Gasteiger partial charge on any atom is 0.254 e. The molecule has 1 saturated heterocycles. The Kier molecular flexibility index (Phi) is 6.95. The molecule has 3 aromatic rings. The van der Waals surface area contributed by atoms with Gasteiger partial charge in [-0.05, 0) is 42.0 Å². The van der Waals surface area contributed by atoms with E-state index in [1.807, 2.05) is 41.3 Å². The van der Waals surface area contributed by atoms with Crippen LogP contribution in [0.5, 0.6) is 17.2 Å². The quantitative estimate of drug-likeness (QED) is 0.509. The van der Waals surface area contributed by atoms with E-state index >= 15 is 0 Å². The first-order valence-electron chi connectivity index (χ1n) is 11.0. The molecular formula is C27H29NO4. The van der Waals surface area contributed by atoms with E-state index in [9.17, 15) is 4.79 Å². The lowest BCUT2D eigenvalue weighted by Gasteiger charge is -2.32. The SMILES string of the molecule is COc1cc(C(=O)N2CCC(c3ccccc3)CC2)cc(OC)c1OCc1ccccc1. The summed E-state index contributed by atoms with van der Waals surface area (Å²) in [6, 6.07) is 23.9. The maximum absolute atomic E-state index is 13.2. The van der Waals surface area contributed by atoms with E-state index in [0.29, 0.717) is 35.3 Å². The molecule has 1 aliphatic rings. The van der Waals surface area contributed by atoms with Gasteiger partial charge in [-0.25, -0.2) is 0 Å². The van der Waals surface area contributed by atoms with Crippen molar-refractivity contribution < 1.29 is 19.0 Å². The fraction of sp³-hybridized carbons (Fsp3) is 0.296. The average molecular weight is 432 g/mol. The standard InChI is InChI=1S/C27H29NO4/c1-30-24-17-23(18-25(31-2)26(24)32-19-20-9-5-3-6-10-20)27(29)28-15-13-22(14-16-28)21-11-7-4-8-12-21/h3-12,17-18,22H,13-16,19H2,1-2H3. The van der Waals surface area contributed by atoms with Gasteiger partial charge in [0.05, 0.1) is 14.2 Å². The summed E-state index contributed by atoms with van der Waals surface area (Å²) in [4.78, 5) is 15.2. The molecule has 3 aromatic carbocycles. The second-order valence-corrected chi connectivity index (χ2v) is 7.96. The Balaban J connectivity index is 1.48. The van der Waals surface area contributed by atoms with Gasteiger partial charge < -0.3 is 19.1 Å². The third-order valence-corrected chi connectivity index (χ3v) is 5.99. The summed E-state index contributed by atoms with van der Waals surface area (Å²) >= 11 is 0. The molecule has 0 unspecified atom stereocenters. The van der Waals surface area contributed by atoms with Gasteiger partial charge in [0.15, 0.2) is 11.5 Å². The molecule has 1 aliphatic heterocycles. The van der Waals surface area contributed by atoms with Crippen LogP contribution in [0.25, 0.3) is 0 Å². The summed E-state index contributed by atoms with van der Waals surface area (Å²) in [5, 5.41) is 0. The molecular weight excluding hydrogens is 402 g/mol. The summed E-state index contributed by atoms with van der Waals surface area (Å²) in [7, 11) is 3.15. The van der Waals surface area contributed by atoms with Crippen molar-refractivity contribution in [1.82, 2.24) is 4.90 Å². The lowest BCUT2D eigenvalue weighted by molar-refractivity contribution is 0.0712. The number of methoxy groups -OCH3 is 2. The van der Waals surface area contributed by atoms with Gasteiger partial charge in [-0.15, -0.1) is 0 Å². The Morgan fingerprint density at radius 1 is 0.875 bits per heavy atom. The third kappa shape index (κ3) is 4.88. The van der Waals surface area contributed by atoms with Crippen LogP contribution in [0.1, 0.15) is 40.2 Å². The van der Waals surface area contributed by atoms with Gasteiger partial charge >= 0.3 is 0 Å². The summed E-state index contributed by atoms with van der Waals surface area (Å²) < 4.78 is 17.1. The van der Waals surface area contributed by atoms with Crippen molar-refractivity contribution in [2.75, 3.05) is 27.3 Å². The second kappa shape index (κ2) is 10.2. The van der Waals surface area contributed by atoms with Crippen molar-refractivity contribution in [3.63, 3.8) is 0 Å². The molecule has 166 valence electrons. The van der Waals surface area contributed by atoms with Gasteiger partial charge in [0.25, 0.3) is 5.91 Å². The van der Waals surface area contributed by atoms with Crippen LogP contribution >= 0.6 is 0 Å². The van der Waals surface area contributed by atoms with Crippen LogP contribution in [0.3, 0.4) is 0 Å². The number of benzene rings is 3. The van der Waals surface area contributed by atoms with Crippen LogP contribution in [-0.4, -0.2) is 38.1 Å². The number of hydrogen-bond donors (Lipinski definition) is 0. The minimum absolute atomic E-state index is 0.0114. The normalized spacial score (nSPS) is 14.1. The van der Waals surface area contributed by atoms with Crippen LogP contribution in [0.2, 0.25) is 0 Å². The molecule has 1 heterocycles. The number of carbonyl (C=O) groups is 1. The number of nitrogens with zero attached hydrogens (tertiary/aromatic N) is 1. The second-order valence-electron chi connectivity index (χ2n) is 7.96. The Morgan fingerprint density at radius 3 is 2.00 bits per heavy atom. The molecule has 0 atom stereocenters. The van der Waals surface area contributed by atoms with Gasteiger partial charge in [-0.3, -0.25) is 4.79 Å². The summed E-state index contributed by atoms with van der Waals surface area (Å²) in [5.74, 6) is 1.96. The van der Waals surface area contributed by atoms with Crippen LogP contribution in [0.4, 0.5) is 0 Å². The van der Waals surface area contributed by atoms with Gasteiger partial charge in [0, 0.05) is 18.7 Å². The van der Waals surface area contributed by atoms with Crippen molar-refractivity contribution in [3.8, 4) is 17.2 Å². The molecule has 0 saturated carbocycles. The van der Waals surface area contributed by atoms with Gasteiger partial charge in [0.2, 0.25) is 5.75 Å².